The topological polar surface area (TPSA) is 84.4 Å². The lowest BCUT2D eigenvalue weighted by Gasteiger charge is -2.16. The minimum Gasteiger partial charge on any atom is -0.497 e. The van der Waals surface area contributed by atoms with E-state index in [2.05, 4.69) is 15.5 Å². The van der Waals surface area contributed by atoms with Crippen LogP contribution in [-0.2, 0) is 22.4 Å². The molecule has 1 saturated heterocycles. The van der Waals surface area contributed by atoms with Gasteiger partial charge < -0.3 is 15.0 Å². The molecule has 4 rings (SSSR count). The van der Waals surface area contributed by atoms with Crippen molar-refractivity contribution in [1.82, 2.24) is 10.2 Å². The summed E-state index contributed by atoms with van der Waals surface area (Å²) >= 11 is 1.37. The highest BCUT2D eigenvalue weighted by molar-refractivity contribution is 7.15. The molecule has 8 heteroatoms. The Hall–Kier alpha value is -3.26. The Labute approximate surface area is 178 Å². The number of carbonyl (C=O) groups is 2. The van der Waals surface area contributed by atoms with E-state index in [9.17, 15) is 9.59 Å². The van der Waals surface area contributed by atoms with E-state index >= 15 is 0 Å². The van der Waals surface area contributed by atoms with Crippen LogP contribution in [0.1, 0.15) is 17.0 Å². The fraction of sp³-hybridized carbons (Fsp3) is 0.273. The second-order valence-electron chi connectivity index (χ2n) is 7.08. The first kappa shape index (κ1) is 20.0. The van der Waals surface area contributed by atoms with Gasteiger partial charge in [-0.1, -0.05) is 41.7 Å². The molecule has 1 aliphatic rings. The van der Waals surface area contributed by atoms with E-state index in [1.165, 1.54) is 16.9 Å². The van der Waals surface area contributed by atoms with Crippen LogP contribution in [0.15, 0.2) is 54.6 Å². The molecule has 2 heterocycles. The van der Waals surface area contributed by atoms with Crippen LogP contribution in [0, 0.1) is 5.92 Å². The molecule has 30 heavy (non-hydrogen) atoms. The van der Waals surface area contributed by atoms with Gasteiger partial charge in [-0.15, -0.1) is 10.2 Å². The van der Waals surface area contributed by atoms with Gasteiger partial charge in [-0.3, -0.25) is 9.59 Å². The molecule has 2 aromatic carbocycles. The van der Waals surface area contributed by atoms with Crippen LogP contribution in [0.3, 0.4) is 0 Å². The molecular formula is C22H22N4O3S. The van der Waals surface area contributed by atoms with Gasteiger partial charge >= 0.3 is 0 Å². The Morgan fingerprint density at radius 1 is 1.13 bits per heavy atom. The van der Waals surface area contributed by atoms with Crippen LogP contribution in [0.25, 0.3) is 0 Å². The number of ether oxygens (including phenoxy) is 1. The third kappa shape index (κ3) is 4.65. The smallest absolute Gasteiger partial charge is 0.231 e. The van der Waals surface area contributed by atoms with E-state index in [1.54, 1.807) is 12.0 Å². The van der Waals surface area contributed by atoms with Crippen molar-refractivity contribution >= 4 is 34.0 Å². The van der Waals surface area contributed by atoms with Crippen molar-refractivity contribution in [3.8, 4) is 5.75 Å². The van der Waals surface area contributed by atoms with Gasteiger partial charge in [0.1, 0.15) is 10.8 Å². The first-order chi connectivity index (χ1) is 14.6. The second-order valence-corrected chi connectivity index (χ2v) is 8.14. The number of aryl methyl sites for hydroxylation is 2. The minimum absolute atomic E-state index is 0.0428. The van der Waals surface area contributed by atoms with Crippen molar-refractivity contribution in [2.45, 2.75) is 19.3 Å². The number of nitrogens with zero attached hydrogens (tertiary/aromatic N) is 3. The molecule has 0 aliphatic carbocycles. The van der Waals surface area contributed by atoms with Crippen LogP contribution in [0.5, 0.6) is 5.75 Å². The van der Waals surface area contributed by atoms with Crippen molar-refractivity contribution < 1.29 is 14.3 Å². The lowest BCUT2D eigenvalue weighted by Crippen LogP contribution is -2.28. The predicted octanol–water partition coefficient (Wildman–Crippen LogP) is 3.32. The molecule has 7 nitrogen and oxygen atoms in total. The Morgan fingerprint density at radius 3 is 2.63 bits per heavy atom. The second kappa shape index (κ2) is 9.04. The van der Waals surface area contributed by atoms with Gasteiger partial charge in [0.2, 0.25) is 16.9 Å². The molecule has 2 amide bonds. The van der Waals surface area contributed by atoms with E-state index in [0.717, 1.165) is 29.3 Å². The van der Waals surface area contributed by atoms with Crippen molar-refractivity contribution in [2.75, 3.05) is 23.9 Å². The van der Waals surface area contributed by atoms with E-state index in [0.29, 0.717) is 11.7 Å². The number of benzene rings is 2. The maximum absolute atomic E-state index is 12.6. The number of hydrogen-bond donors (Lipinski definition) is 1. The molecule has 1 N–H and O–H groups in total. The predicted molar refractivity (Wildman–Crippen MR) is 116 cm³/mol. The third-order valence-electron chi connectivity index (χ3n) is 5.05. The lowest BCUT2D eigenvalue weighted by atomic mass is 10.1. The number of nitrogens with one attached hydrogen (secondary N) is 1. The number of amides is 2. The monoisotopic (exact) mass is 422 g/mol. The maximum Gasteiger partial charge on any atom is 0.231 e. The van der Waals surface area contributed by atoms with Gasteiger partial charge in [0.25, 0.3) is 0 Å². The summed E-state index contributed by atoms with van der Waals surface area (Å²) in [6, 6.07) is 17.3. The highest BCUT2D eigenvalue weighted by atomic mass is 32.1. The van der Waals surface area contributed by atoms with Gasteiger partial charge in [0.15, 0.2) is 0 Å². The van der Waals surface area contributed by atoms with Gasteiger partial charge in [0, 0.05) is 25.1 Å². The summed E-state index contributed by atoms with van der Waals surface area (Å²) in [4.78, 5) is 26.6. The van der Waals surface area contributed by atoms with Crippen LogP contribution in [-0.4, -0.2) is 35.7 Å². The highest BCUT2D eigenvalue weighted by Gasteiger charge is 2.35. The molecule has 0 spiro atoms. The molecule has 3 aromatic rings. The summed E-state index contributed by atoms with van der Waals surface area (Å²) in [5.41, 5.74) is 2.00. The fourth-order valence-electron chi connectivity index (χ4n) is 3.40. The summed E-state index contributed by atoms with van der Waals surface area (Å²) in [5, 5.41) is 12.4. The Balaban J connectivity index is 1.31. The van der Waals surface area contributed by atoms with Crippen molar-refractivity contribution in [3.05, 3.63) is 65.2 Å². The van der Waals surface area contributed by atoms with Crippen LogP contribution in [0.2, 0.25) is 0 Å². The molecule has 0 saturated carbocycles. The molecular weight excluding hydrogens is 400 g/mol. The number of methoxy groups -OCH3 is 1. The number of anilines is 2. The molecule has 0 bridgehead atoms. The molecule has 1 fully saturated rings. The van der Waals surface area contributed by atoms with E-state index in [1.807, 2.05) is 54.6 Å². The summed E-state index contributed by atoms with van der Waals surface area (Å²) in [6.45, 7) is 0.373. The first-order valence-corrected chi connectivity index (χ1v) is 10.6. The summed E-state index contributed by atoms with van der Waals surface area (Å²) in [7, 11) is 1.65. The molecule has 154 valence electrons. The molecule has 1 aromatic heterocycles. The van der Waals surface area contributed by atoms with Gasteiger partial charge in [-0.2, -0.15) is 0 Å². The minimum atomic E-state index is -0.399. The number of aromatic nitrogens is 2. The van der Waals surface area contributed by atoms with E-state index in [4.69, 9.17) is 4.74 Å². The Morgan fingerprint density at radius 2 is 1.90 bits per heavy atom. The van der Waals surface area contributed by atoms with Crippen LogP contribution < -0.4 is 15.0 Å². The number of carbonyl (C=O) groups excluding carboxylic acids is 2. The van der Waals surface area contributed by atoms with Gasteiger partial charge in [-0.25, -0.2) is 0 Å². The lowest BCUT2D eigenvalue weighted by molar-refractivity contribution is -0.122. The standard InChI is InChI=1S/C22H22N4O3S/c1-29-18-10-7-15(8-11-18)9-12-19-24-25-22(30-19)23-21(28)16-13-20(27)26(14-16)17-5-3-2-4-6-17/h2-8,10-11,16H,9,12-14H2,1H3,(H,23,25,28)/t16-/m0/s1. The van der Waals surface area contributed by atoms with Crippen molar-refractivity contribution in [2.24, 2.45) is 5.92 Å². The van der Waals surface area contributed by atoms with Crippen molar-refractivity contribution in [1.29, 1.82) is 0 Å². The quantitative estimate of drug-likeness (QED) is 0.631. The molecule has 1 atom stereocenters. The average Bonchev–Trinajstić information content (AvgIpc) is 3.39. The largest absolute Gasteiger partial charge is 0.497 e. The zero-order chi connectivity index (χ0) is 20.9. The molecule has 0 unspecified atom stereocenters. The average molecular weight is 423 g/mol. The zero-order valence-corrected chi connectivity index (χ0v) is 17.4. The number of hydrogen-bond acceptors (Lipinski definition) is 6. The highest BCUT2D eigenvalue weighted by Crippen LogP contribution is 2.26. The first-order valence-electron chi connectivity index (χ1n) is 9.74. The van der Waals surface area contributed by atoms with E-state index < -0.39 is 5.92 Å². The van der Waals surface area contributed by atoms with Gasteiger partial charge in [0.05, 0.1) is 13.0 Å². The fourth-order valence-corrected chi connectivity index (χ4v) is 4.14. The summed E-state index contributed by atoms with van der Waals surface area (Å²) in [6.07, 6.45) is 1.77. The Bertz CT molecular complexity index is 1020. The van der Waals surface area contributed by atoms with Crippen LogP contribution in [0.4, 0.5) is 10.8 Å². The van der Waals surface area contributed by atoms with E-state index in [-0.39, 0.29) is 18.2 Å². The van der Waals surface area contributed by atoms with Gasteiger partial charge in [-0.05, 0) is 36.2 Å². The third-order valence-corrected chi connectivity index (χ3v) is 5.95. The number of rotatable bonds is 7. The number of para-hydroxylation sites is 1. The van der Waals surface area contributed by atoms with Crippen molar-refractivity contribution in [3.63, 3.8) is 0 Å². The SMILES string of the molecule is COc1ccc(CCc2nnc(NC(=O)[C@H]3CC(=O)N(c4ccccc4)C3)s2)cc1. The Kier molecular flexibility index (Phi) is 6.04. The normalized spacial score (nSPS) is 16.0. The molecule has 1 aliphatic heterocycles. The maximum atomic E-state index is 12.6. The summed E-state index contributed by atoms with van der Waals surface area (Å²) < 4.78 is 5.17. The zero-order valence-electron chi connectivity index (χ0n) is 16.6. The summed E-state index contributed by atoms with van der Waals surface area (Å²) in [5.74, 6) is 0.193. The van der Waals surface area contributed by atoms with Crippen LogP contribution >= 0.6 is 11.3 Å². The molecule has 0 radical (unpaired) electrons.